The lowest BCUT2D eigenvalue weighted by Crippen LogP contribution is -2.52. The zero-order valence-electron chi connectivity index (χ0n) is 21.1. The van der Waals surface area contributed by atoms with E-state index in [1.165, 1.54) is 0 Å². The molecule has 35 heavy (non-hydrogen) atoms. The SMILES string of the molecule is CCC1(C)C=NC(N(C)Cc2ccc(-n3cccn3)cc2)=C(F)C1NCC1(CCO)CCOCC1. The minimum atomic E-state index is -0.469. The summed E-state index contributed by atoms with van der Waals surface area (Å²) in [5, 5.41) is 17.5. The Bertz CT molecular complexity index is 1010. The summed E-state index contributed by atoms with van der Waals surface area (Å²) in [4.78, 5) is 6.45. The lowest BCUT2D eigenvalue weighted by molar-refractivity contribution is 0.0000625. The summed E-state index contributed by atoms with van der Waals surface area (Å²) in [7, 11) is 1.88. The Hall–Kier alpha value is -2.55. The molecule has 3 heterocycles. The maximum atomic E-state index is 16.0. The first-order valence-corrected chi connectivity index (χ1v) is 12.6. The Morgan fingerprint density at radius 3 is 2.63 bits per heavy atom. The van der Waals surface area contributed by atoms with Crippen molar-refractivity contribution in [1.29, 1.82) is 0 Å². The van der Waals surface area contributed by atoms with Gasteiger partial charge in [0, 0.05) is 64.0 Å². The van der Waals surface area contributed by atoms with Gasteiger partial charge < -0.3 is 20.1 Å². The minimum Gasteiger partial charge on any atom is -0.396 e. The average Bonchev–Trinajstić information content (AvgIpc) is 3.40. The molecule has 0 spiro atoms. The molecule has 0 bridgehead atoms. The molecule has 2 aliphatic heterocycles. The van der Waals surface area contributed by atoms with Gasteiger partial charge in [-0.1, -0.05) is 26.0 Å². The minimum absolute atomic E-state index is 0.0705. The van der Waals surface area contributed by atoms with E-state index in [0.717, 1.165) is 30.5 Å². The molecule has 0 aliphatic carbocycles. The van der Waals surface area contributed by atoms with Crippen LogP contribution >= 0.6 is 0 Å². The highest BCUT2D eigenvalue weighted by Crippen LogP contribution is 2.38. The number of nitrogens with one attached hydrogen (secondary N) is 1. The summed E-state index contributed by atoms with van der Waals surface area (Å²) >= 11 is 0. The smallest absolute Gasteiger partial charge is 0.161 e. The van der Waals surface area contributed by atoms with E-state index in [-0.39, 0.29) is 17.8 Å². The van der Waals surface area contributed by atoms with Crippen LogP contribution in [0.4, 0.5) is 4.39 Å². The van der Waals surface area contributed by atoms with Gasteiger partial charge in [0.2, 0.25) is 0 Å². The Labute approximate surface area is 207 Å². The van der Waals surface area contributed by atoms with Gasteiger partial charge in [0.1, 0.15) is 0 Å². The van der Waals surface area contributed by atoms with Crippen molar-refractivity contribution >= 4 is 6.21 Å². The lowest BCUT2D eigenvalue weighted by atomic mass is 9.75. The number of halogens is 1. The second-order valence-electron chi connectivity index (χ2n) is 10.2. The number of benzene rings is 1. The van der Waals surface area contributed by atoms with Crippen molar-refractivity contribution in [2.45, 2.75) is 52.1 Å². The number of aliphatic imine (C=N–C) groups is 1. The topological polar surface area (TPSA) is 74.9 Å². The second-order valence-corrected chi connectivity index (χ2v) is 10.2. The highest BCUT2D eigenvalue weighted by Gasteiger charge is 2.41. The maximum absolute atomic E-state index is 16.0. The van der Waals surface area contributed by atoms with Crippen molar-refractivity contribution in [3.63, 3.8) is 0 Å². The molecule has 0 radical (unpaired) electrons. The summed E-state index contributed by atoms with van der Waals surface area (Å²) in [5.41, 5.74) is 1.55. The fourth-order valence-electron chi connectivity index (χ4n) is 5.06. The standard InChI is InChI=1S/C27H38FN5O2/c1-4-26(2)19-30-25(23(28)24(26)29-20-27(10-15-34)11-16-35-17-12-27)32(3)18-21-6-8-22(9-7-21)33-14-5-13-31-33/h5-9,13-14,19,24,29,34H,4,10-12,15-18,20H2,1-3H3. The van der Waals surface area contributed by atoms with Gasteiger partial charge in [-0.2, -0.15) is 5.10 Å². The van der Waals surface area contributed by atoms with Crippen LogP contribution in [0.5, 0.6) is 0 Å². The van der Waals surface area contributed by atoms with Crippen LogP contribution in [0.1, 0.15) is 45.1 Å². The van der Waals surface area contributed by atoms with Gasteiger partial charge in [0.05, 0.1) is 11.7 Å². The van der Waals surface area contributed by atoms with Crippen LogP contribution in [0.2, 0.25) is 0 Å². The van der Waals surface area contributed by atoms with E-state index < -0.39 is 11.5 Å². The number of rotatable bonds is 10. The molecule has 2 unspecified atom stereocenters. The van der Waals surface area contributed by atoms with Crippen molar-refractivity contribution in [1.82, 2.24) is 20.0 Å². The molecule has 1 aromatic heterocycles. The molecule has 7 nitrogen and oxygen atoms in total. The van der Waals surface area contributed by atoms with Gasteiger partial charge >= 0.3 is 0 Å². The third kappa shape index (κ3) is 5.66. The normalized spacial score (nSPS) is 24.1. The Morgan fingerprint density at radius 2 is 2.00 bits per heavy atom. The molecule has 1 aromatic carbocycles. The molecular weight excluding hydrogens is 445 g/mol. The van der Waals surface area contributed by atoms with E-state index in [9.17, 15) is 5.11 Å². The monoisotopic (exact) mass is 483 g/mol. The van der Waals surface area contributed by atoms with Crippen LogP contribution in [-0.2, 0) is 11.3 Å². The number of ether oxygens (including phenoxy) is 1. The van der Waals surface area contributed by atoms with Crippen LogP contribution in [0.3, 0.4) is 0 Å². The quantitative estimate of drug-likeness (QED) is 0.533. The molecule has 8 heteroatoms. The largest absolute Gasteiger partial charge is 0.396 e. The summed E-state index contributed by atoms with van der Waals surface area (Å²) in [6.07, 6.45) is 8.77. The van der Waals surface area contributed by atoms with Gasteiger partial charge in [-0.3, -0.25) is 0 Å². The molecule has 0 saturated carbocycles. The van der Waals surface area contributed by atoms with Gasteiger partial charge in [-0.25, -0.2) is 14.1 Å². The van der Waals surface area contributed by atoms with Crippen molar-refractivity contribution in [3.05, 3.63) is 59.9 Å². The molecule has 1 saturated heterocycles. The highest BCUT2D eigenvalue weighted by atomic mass is 19.1. The molecular formula is C27H38FN5O2. The van der Waals surface area contributed by atoms with E-state index >= 15 is 4.39 Å². The third-order valence-electron chi connectivity index (χ3n) is 7.73. The number of nitrogens with zero attached hydrogens (tertiary/aromatic N) is 4. The van der Waals surface area contributed by atoms with Gasteiger partial charge in [-0.15, -0.1) is 0 Å². The lowest BCUT2D eigenvalue weighted by Gasteiger charge is -2.42. The van der Waals surface area contributed by atoms with E-state index in [2.05, 4.69) is 29.3 Å². The predicted octanol–water partition coefficient (Wildman–Crippen LogP) is 4.08. The molecule has 2 atom stereocenters. The van der Waals surface area contributed by atoms with Gasteiger partial charge in [0.25, 0.3) is 0 Å². The molecule has 190 valence electrons. The molecule has 2 aromatic rings. The van der Waals surface area contributed by atoms with Crippen molar-refractivity contribution in [3.8, 4) is 5.69 Å². The predicted molar refractivity (Wildman–Crippen MR) is 136 cm³/mol. The molecule has 1 fully saturated rings. The molecule has 2 N–H and O–H groups in total. The van der Waals surface area contributed by atoms with Crippen LogP contribution in [0.15, 0.2) is 59.4 Å². The highest BCUT2D eigenvalue weighted by molar-refractivity contribution is 5.70. The van der Waals surface area contributed by atoms with Gasteiger partial charge in [-0.05, 0) is 54.9 Å². The fraction of sp³-hybridized carbons (Fsp3) is 0.556. The first-order valence-electron chi connectivity index (χ1n) is 12.6. The van der Waals surface area contributed by atoms with E-state index in [0.29, 0.717) is 38.5 Å². The zero-order valence-corrected chi connectivity index (χ0v) is 21.1. The summed E-state index contributed by atoms with van der Waals surface area (Å²) in [5.74, 6) is 0.145. The number of aromatic nitrogens is 2. The maximum Gasteiger partial charge on any atom is 0.161 e. The Kier molecular flexibility index (Phi) is 8.04. The van der Waals surface area contributed by atoms with E-state index in [4.69, 9.17) is 4.74 Å². The number of aliphatic hydroxyl groups is 1. The van der Waals surface area contributed by atoms with Crippen LogP contribution in [-0.4, -0.2) is 65.5 Å². The summed E-state index contributed by atoms with van der Waals surface area (Å²) in [6.45, 7) is 6.81. The first-order chi connectivity index (χ1) is 16.9. The Morgan fingerprint density at radius 1 is 1.26 bits per heavy atom. The first kappa shape index (κ1) is 25.5. The van der Waals surface area contributed by atoms with Crippen molar-refractivity contribution in [2.24, 2.45) is 15.8 Å². The van der Waals surface area contributed by atoms with Crippen molar-refractivity contribution < 1.29 is 14.2 Å². The number of aliphatic hydroxyl groups excluding tert-OH is 1. The summed E-state index contributed by atoms with van der Waals surface area (Å²) in [6, 6.07) is 9.52. The fourth-order valence-corrected chi connectivity index (χ4v) is 5.06. The zero-order chi connectivity index (χ0) is 24.9. The van der Waals surface area contributed by atoms with E-state index in [1.54, 1.807) is 6.20 Å². The van der Waals surface area contributed by atoms with Gasteiger partial charge in [0.15, 0.2) is 11.6 Å². The van der Waals surface area contributed by atoms with Crippen LogP contribution in [0, 0.1) is 10.8 Å². The summed E-state index contributed by atoms with van der Waals surface area (Å²) < 4.78 is 23.4. The molecule has 2 aliphatic rings. The van der Waals surface area contributed by atoms with Crippen LogP contribution in [0.25, 0.3) is 5.69 Å². The Balaban J connectivity index is 1.49. The number of hydrogen-bond donors (Lipinski definition) is 2. The third-order valence-corrected chi connectivity index (χ3v) is 7.73. The van der Waals surface area contributed by atoms with Crippen LogP contribution < -0.4 is 5.32 Å². The van der Waals surface area contributed by atoms with Crippen molar-refractivity contribution in [2.75, 3.05) is 33.4 Å². The van der Waals surface area contributed by atoms with E-state index in [1.807, 2.05) is 59.4 Å². The number of hydrogen-bond acceptors (Lipinski definition) is 6. The molecule has 4 rings (SSSR count). The molecule has 0 amide bonds. The second kappa shape index (κ2) is 11.0. The average molecular weight is 484 g/mol.